The number of nitrogens with zero attached hydrogens (tertiary/aromatic N) is 1. The minimum Gasteiger partial charge on any atom is -0.511 e. The first kappa shape index (κ1) is 25.7. The summed E-state index contributed by atoms with van der Waals surface area (Å²) in [4.78, 5) is 22.6. The summed E-state index contributed by atoms with van der Waals surface area (Å²) in [5.74, 6) is -1.49. The van der Waals surface area contributed by atoms with Crippen LogP contribution in [0.4, 0.5) is 0 Å². The number of fused-ring (bicyclic) bond motifs is 1. The zero-order valence-electron chi connectivity index (χ0n) is 18.2. The van der Waals surface area contributed by atoms with Crippen LogP contribution in [-0.4, -0.2) is 50.2 Å². The third-order valence-corrected chi connectivity index (χ3v) is 6.04. The van der Waals surface area contributed by atoms with Crippen molar-refractivity contribution in [1.82, 2.24) is 10.0 Å². The summed E-state index contributed by atoms with van der Waals surface area (Å²) in [6.45, 7) is 3.21. The molecule has 33 heavy (non-hydrogen) atoms. The molecule has 0 atom stereocenters. The number of rotatable bonds is 12. The Morgan fingerprint density at radius 2 is 2.00 bits per heavy atom. The minimum atomic E-state index is -3.82. The molecule has 2 aromatic rings. The highest BCUT2D eigenvalue weighted by Gasteiger charge is 2.22. The monoisotopic (exact) mass is 479 g/mol. The van der Waals surface area contributed by atoms with E-state index in [9.17, 15) is 23.1 Å². The summed E-state index contributed by atoms with van der Waals surface area (Å²) in [6.07, 6.45) is 0.348. The summed E-state index contributed by atoms with van der Waals surface area (Å²) in [6, 6.07) is 5.95. The zero-order valence-corrected chi connectivity index (χ0v) is 19.0. The molecule has 178 valence electrons. The fourth-order valence-electron chi connectivity index (χ4n) is 2.95. The average Bonchev–Trinajstić information content (AvgIpc) is 3.15. The number of allylic oxidation sites excluding steroid dienone is 1. The number of carboxylic acids is 1. The van der Waals surface area contributed by atoms with Crippen molar-refractivity contribution in [2.24, 2.45) is 0 Å². The second-order valence-electron chi connectivity index (χ2n) is 6.94. The van der Waals surface area contributed by atoms with Gasteiger partial charge in [-0.15, -0.1) is 0 Å². The molecule has 12 heteroatoms. The van der Waals surface area contributed by atoms with Crippen LogP contribution in [-0.2, 0) is 26.0 Å². The van der Waals surface area contributed by atoms with Gasteiger partial charge in [0.05, 0.1) is 11.5 Å². The van der Waals surface area contributed by atoms with E-state index in [0.29, 0.717) is 5.76 Å². The van der Waals surface area contributed by atoms with Gasteiger partial charge >= 0.3 is 5.97 Å². The summed E-state index contributed by atoms with van der Waals surface area (Å²) in [5, 5.41) is 29.8. The number of aliphatic hydroxyl groups is 1. The van der Waals surface area contributed by atoms with Gasteiger partial charge in [0.1, 0.15) is 17.6 Å². The SMILES string of the molecule is CCNS(=O)(=O)c1ccc(OCCCC(=O)O)c2oc(CCNC(=O)/C(C#N)=C(/C)O)cc12. The number of carbonyl (C=O) groups is 2. The van der Waals surface area contributed by atoms with Gasteiger partial charge in [0.25, 0.3) is 5.91 Å². The predicted molar refractivity (Wildman–Crippen MR) is 117 cm³/mol. The molecule has 0 aliphatic rings. The Bertz CT molecular complexity index is 1200. The van der Waals surface area contributed by atoms with Crippen LogP contribution in [0.5, 0.6) is 5.75 Å². The molecule has 0 fully saturated rings. The predicted octanol–water partition coefficient (Wildman–Crippen LogP) is 1.99. The van der Waals surface area contributed by atoms with E-state index in [1.54, 1.807) is 13.0 Å². The topological polar surface area (TPSA) is 179 Å². The molecular weight excluding hydrogens is 454 g/mol. The third-order valence-electron chi connectivity index (χ3n) is 4.43. The van der Waals surface area contributed by atoms with E-state index in [2.05, 4.69) is 10.0 Å². The average molecular weight is 480 g/mol. The van der Waals surface area contributed by atoms with Crippen LogP contribution in [0.15, 0.2) is 38.8 Å². The molecule has 2 rings (SSSR count). The number of hydrogen-bond donors (Lipinski definition) is 4. The lowest BCUT2D eigenvalue weighted by atomic mass is 10.2. The summed E-state index contributed by atoms with van der Waals surface area (Å²) < 4.78 is 39.0. The second kappa shape index (κ2) is 11.3. The van der Waals surface area contributed by atoms with Gasteiger partial charge in [-0.2, -0.15) is 5.26 Å². The Balaban J connectivity index is 2.30. The fraction of sp³-hybridized carbons (Fsp3) is 0.381. The number of sulfonamides is 1. The largest absolute Gasteiger partial charge is 0.511 e. The maximum Gasteiger partial charge on any atom is 0.303 e. The van der Waals surface area contributed by atoms with Crippen molar-refractivity contribution in [2.45, 2.75) is 38.0 Å². The van der Waals surface area contributed by atoms with Gasteiger partial charge in [-0.3, -0.25) is 9.59 Å². The first-order valence-corrected chi connectivity index (χ1v) is 11.6. The van der Waals surface area contributed by atoms with E-state index in [4.69, 9.17) is 19.5 Å². The molecule has 1 heterocycles. The Labute approximate surface area is 190 Å². The van der Waals surface area contributed by atoms with E-state index in [1.165, 1.54) is 25.1 Å². The van der Waals surface area contributed by atoms with Crippen LogP contribution >= 0.6 is 0 Å². The van der Waals surface area contributed by atoms with E-state index in [1.807, 2.05) is 0 Å². The van der Waals surface area contributed by atoms with Crippen molar-refractivity contribution >= 4 is 32.9 Å². The number of amides is 1. The molecule has 1 aromatic carbocycles. The van der Waals surface area contributed by atoms with Crippen LogP contribution < -0.4 is 14.8 Å². The number of ether oxygens (including phenoxy) is 1. The number of nitriles is 1. The third kappa shape index (κ3) is 6.71. The maximum atomic E-state index is 12.6. The van der Waals surface area contributed by atoms with E-state index in [-0.39, 0.29) is 60.6 Å². The van der Waals surface area contributed by atoms with Gasteiger partial charge in [0.2, 0.25) is 10.0 Å². The molecule has 1 amide bonds. The minimum absolute atomic E-state index is 0.0122. The highest BCUT2D eigenvalue weighted by Crippen LogP contribution is 2.34. The van der Waals surface area contributed by atoms with Crippen molar-refractivity contribution in [3.8, 4) is 11.8 Å². The second-order valence-corrected chi connectivity index (χ2v) is 8.68. The fourth-order valence-corrected chi connectivity index (χ4v) is 4.18. The first-order chi connectivity index (χ1) is 15.6. The molecule has 0 radical (unpaired) electrons. The normalized spacial score (nSPS) is 12.2. The molecule has 0 saturated carbocycles. The summed E-state index contributed by atoms with van der Waals surface area (Å²) in [5.41, 5.74) is -0.231. The molecule has 0 aliphatic carbocycles. The highest BCUT2D eigenvalue weighted by atomic mass is 32.2. The molecule has 0 saturated heterocycles. The van der Waals surface area contributed by atoms with E-state index >= 15 is 0 Å². The number of aliphatic carboxylic acids is 1. The Morgan fingerprint density at radius 1 is 1.27 bits per heavy atom. The first-order valence-electron chi connectivity index (χ1n) is 10.1. The smallest absolute Gasteiger partial charge is 0.303 e. The number of carboxylic acid groups (broad SMARTS) is 1. The maximum absolute atomic E-state index is 12.6. The van der Waals surface area contributed by atoms with Crippen molar-refractivity contribution in [1.29, 1.82) is 5.26 Å². The zero-order chi connectivity index (χ0) is 24.6. The van der Waals surface area contributed by atoms with Gasteiger partial charge in [-0.05, 0) is 31.5 Å². The number of hydrogen-bond acceptors (Lipinski definition) is 8. The lowest BCUT2D eigenvalue weighted by molar-refractivity contribution is -0.137. The number of benzene rings is 1. The van der Waals surface area contributed by atoms with Crippen LogP contribution in [0.3, 0.4) is 0 Å². The van der Waals surface area contributed by atoms with Crippen LogP contribution in [0, 0.1) is 11.3 Å². The molecule has 0 spiro atoms. The molecular formula is C21H25N3O8S. The Kier molecular flexibility index (Phi) is 8.84. The molecule has 0 unspecified atom stereocenters. The summed E-state index contributed by atoms with van der Waals surface area (Å²) in [7, 11) is -3.82. The Morgan fingerprint density at radius 3 is 2.61 bits per heavy atom. The number of nitrogens with one attached hydrogen (secondary N) is 2. The van der Waals surface area contributed by atoms with Gasteiger partial charge in [0, 0.05) is 31.3 Å². The van der Waals surface area contributed by atoms with Crippen LogP contribution in [0.1, 0.15) is 32.4 Å². The van der Waals surface area contributed by atoms with Crippen molar-refractivity contribution in [2.75, 3.05) is 19.7 Å². The molecule has 11 nitrogen and oxygen atoms in total. The molecule has 0 bridgehead atoms. The molecule has 4 N–H and O–H groups in total. The van der Waals surface area contributed by atoms with Gasteiger partial charge < -0.3 is 24.7 Å². The Hall–Kier alpha value is -3.56. The highest BCUT2D eigenvalue weighted by molar-refractivity contribution is 7.89. The van der Waals surface area contributed by atoms with Gasteiger partial charge in [-0.25, -0.2) is 13.1 Å². The summed E-state index contributed by atoms with van der Waals surface area (Å²) >= 11 is 0. The quantitative estimate of drug-likeness (QED) is 0.153. The van der Waals surface area contributed by atoms with Crippen molar-refractivity contribution < 1.29 is 37.4 Å². The molecule has 1 aromatic heterocycles. The van der Waals surface area contributed by atoms with Gasteiger partial charge in [-0.1, -0.05) is 6.92 Å². The molecule has 0 aliphatic heterocycles. The van der Waals surface area contributed by atoms with Crippen molar-refractivity contribution in [3.05, 3.63) is 35.3 Å². The van der Waals surface area contributed by atoms with Gasteiger partial charge in [0.15, 0.2) is 16.9 Å². The standard InChI is InChI=1S/C21H25N3O8S/c1-3-24-33(29,30)18-7-6-17(31-10-4-5-19(26)27)20-15(18)11-14(32-20)8-9-23-21(28)16(12-22)13(2)25/h6-7,11,24-25H,3-5,8-10H2,1-2H3,(H,23,28)(H,26,27)/b16-13-. The lowest BCUT2D eigenvalue weighted by Gasteiger charge is -2.09. The van der Waals surface area contributed by atoms with E-state index in [0.717, 1.165) is 0 Å². The van der Waals surface area contributed by atoms with Crippen molar-refractivity contribution in [3.63, 3.8) is 0 Å². The number of carbonyl (C=O) groups excluding carboxylic acids is 1. The van der Waals surface area contributed by atoms with Crippen LogP contribution in [0.2, 0.25) is 0 Å². The number of aliphatic hydroxyl groups excluding tert-OH is 1. The van der Waals surface area contributed by atoms with E-state index < -0.39 is 33.2 Å². The lowest BCUT2D eigenvalue weighted by Crippen LogP contribution is -2.27. The van der Waals surface area contributed by atoms with Crippen LogP contribution in [0.25, 0.3) is 11.0 Å². The number of furan rings is 1.